The van der Waals surface area contributed by atoms with Crippen molar-refractivity contribution in [1.82, 2.24) is 14.6 Å². The lowest BCUT2D eigenvalue weighted by Crippen LogP contribution is -2.35. The van der Waals surface area contributed by atoms with Gasteiger partial charge in [0.2, 0.25) is 5.91 Å². The van der Waals surface area contributed by atoms with E-state index in [0.717, 1.165) is 15.2 Å². The summed E-state index contributed by atoms with van der Waals surface area (Å²) in [5.41, 5.74) is 1.39. The number of sulfonamides is 1. The van der Waals surface area contributed by atoms with Gasteiger partial charge in [0.05, 0.1) is 21.7 Å². The van der Waals surface area contributed by atoms with Crippen molar-refractivity contribution < 1.29 is 13.2 Å². The highest BCUT2D eigenvalue weighted by Gasteiger charge is 2.31. The van der Waals surface area contributed by atoms with Crippen LogP contribution >= 0.6 is 11.3 Å². The largest absolute Gasteiger partial charge is 0.337 e. The van der Waals surface area contributed by atoms with Crippen molar-refractivity contribution >= 4 is 43.3 Å². The van der Waals surface area contributed by atoms with E-state index in [1.807, 2.05) is 24.3 Å². The second-order valence-corrected chi connectivity index (χ2v) is 9.29. The Morgan fingerprint density at radius 3 is 2.71 bits per heavy atom. The van der Waals surface area contributed by atoms with E-state index in [-0.39, 0.29) is 16.6 Å². The van der Waals surface area contributed by atoms with E-state index in [1.165, 1.54) is 6.07 Å². The SMILES string of the molecule is C[C@H](N=C1NS(=O)(=O)c2ccccc21)C(=O)N(C)Cc1nc2ccccc2s1. The van der Waals surface area contributed by atoms with Crippen molar-refractivity contribution in [3.63, 3.8) is 0 Å². The van der Waals surface area contributed by atoms with Crippen molar-refractivity contribution in [3.8, 4) is 0 Å². The van der Waals surface area contributed by atoms with Crippen molar-refractivity contribution in [2.75, 3.05) is 7.05 Å². The topological polar surface area (TPSA) is 91.7 Å². The predicted octanol–water partition coefficient (Wildman–Crippen LogP) is 2.38. The number of nitrogens with one attached hydrogen (secondary N) is 1. The van der Waals surface area contributed by atoms with Crippen LogP contribution in [0, 0.1) is 0 Å². The number of likely N-dealkylation sites (N-methyl/N-ethyl adjacent to an activating group) is 1. The van der Waals surface area contributed by atoms with Crippen LogP contribution in [-0.4, -0.2) is 43.1 Å². The lowest BCUT2D eigenvalue weighted by molar-refractivity contribution is -0.131. The maximum absolute atomic E-state index is 12.7. The predicted molar refractivity (Wildman–Crippen MR) is 109 cm³/mol. The van der Waals surface area contributed by atoms with E-state index in [4.69, 9.17) is 0 Å². The average molecular weight is 415 g/mol. The van der Waals surface area contributed by atoms with Gasteiger partial charge in [0.25, 0.3) is 10.0 Å². The molecule has 3 aromatic rings. The minimum atomic E-state index is -3.62. The third kappa shape index (κ3) is 3.38. The molecule has 1 N–H and O–H groups in total. The normalized spacial score (nSPS) is 17.3. The quantitative estimate of drug-likeness (QED) is 0.710. The summed E-state index contributed by atoms with van der Waals surface area (Å²) in [6, 6.07) is 13.7. The number of benzene rings is 2. The molecule has 0 fully saturated rings. The van der Waals surface area contributed by atoms with Gasteiger partial charge in [-0.05, 0) is 31.2 Å². The smallest absolute Gasteiger partial charge is 0.263 e. The molecule has 28 heavy (non-hydrogen) atoms. The number of nitrogens with zero attached hydrogens (tertiary/aromatic N) is 3. The first kappa shape index (κ1) is 18.6. The van der Waals surface area contributed by atoms with Gasteiger partial charge >= 0.3 is 0 Å². The van der Waals surface area contributed by atoms with Gasteiger partial charge in [-0.1, -0.05) is 24.3 Å². The van der Waals surface area contributed by atoms with E-state index in [0.29, 0.717) is 12.1 Å². The molecule has 1 aliphatic rings. The second kappa shape index (κ2) is 6.99. The highest BCUT2D eigenvalue weighted by atomic mass is 32.2. The fraction of sp³-hybridized carbons (Fsp3) is 0.211. The Bertz CT molecular complexity index is 1170. The molecule has 144 valence electrons. The molecule has 2 aromatic carbocycles. The van der Waals surface area contributed by atoms with Crippen LogP contribution in [0.2, 0.25) is 0 Å². The molecular weight excluding hydrogens is 396 g/mol. The second-order valence-electron chi connectivity index (χ2n) is 6.52. The molecule has 0 spiro atoms. The summed E-state index contributed by atoms with van der Waals surface area (Å²) in [6.07, 6.45) is 0. The molecule has 2 heterocycles. The van der Waals surface area contributed by atoms with Gasteiger partial charge in [-0.25, -0.2) is 13.4 Å². The van der Waals surface area contributed by atoms with Gasteiger partial charge in [0.1, 0.15) is 16.9 Å². The summed E-state index contributed by atoms with van der Waals surface area (Å²) in [7, 11) is -1.93. The van der Waals surface area contributed by atoms with Crippen molar-refractivity contribution in [2.24, 2.45) is 4.99 Å². The van der Waals surface area contributed by atoms with Crippen LogP contribution in [0.25, 0.3) is 10.2 Å². The summed E-state index contributed by atoms with van der Waals surface area (Å²) in [5, 5.41) is 0.837. The van der Waals surface area contributed by atoms with Gasteiger partial charge in [-0.2, -0.15) is 0 Å². The maximum Gasteiger partial charge on any atom is 0.263 e. The summed E-state index contributed by atoms with van der Waals surface area (Å²) < 4.78 is 27.9. The number of amidine groups is 1. The zero-order chi connectivity index (χ0) is 19.9. The molecule has 1 atom stereocenters. The molecule has 0 saturated heterocycles. The molecule has 1 amide bonds. The fourth-order valence-corrected chi connectivity index (χ4v) is 5.33. The molecule has 0 aliphatic carbocycles. The van der Waals surface area contributed by atoms with E-state index in [1.54, 1.807) is 48.4 Å². The molecule has 7 nitrogen and oxygen atoms in total. The number of hydrogen-bond acceptors (Lipinski definition) is 6. The lowest BCUT2D eigenvalue weighted by atomic mass is 10.2. The Morgan fingerprint density at radius 2 is 1.93 bits per heavy atom. The first-order valence-electron chi connectivity index (χ1n) is 8.64. The number of rotatable bonds is 4. The zero-order valence-corrected chi connectivity index (χ0v) is 16.9. The van der Waals surface area contributed by atoms with Gasteiger partial charge in [0.15, 0.2) is 0 Å². The lowest BCUT2D eigenvalue weighted by Gasteiger charge is -2.18. The van der Waals surface area contributed by atoms with Crippen LogP contribution < -0.4 is 4.72 Å². The number of hydrogen-bond donors (Lipinski definition) is 1. The van der Waals surface area contributed by atoms with Gasteiger partial charge in [-0.15, -0.1) is 11.3 Å². The molecule has 0 saturated carbocycles. The van der Waals surface area contributed by atoms with Crippen LogP contribution in [0.3, 0.4) is 0 Å². The van der Waals surface area contributed by atoms with Crippen molar-refractivity contribution in [2.45, 2.75) is 24.4 Å². The summed E-state index contributed by atoms with van der Waals surface area (Å²) in [6.45, 7) is 2.02. The molecule has 0 unspecified atom stereocenters. The van der Waals surface area contributed by atoms with Crippen molar-refractivity contribution in [3.05, 3.63) is 59.1 Å². The Kier molecular flexibility index (Phi) is 4.64. The average Bonchev–Trinajstić information content (AvgIpc) is 3.19. The van der Waals surface area contributed by atoms with Crippen LogP contribution in [0.1, 0.15) is 17.5 Å². The van der Waals surface area contributed by atoms with Gasteiger partial charge < -0.3 is 4.90 Å². The van der Waals surface area contributed by atoms with Crippen LogP contribution in [-0.2, 0) is 21.4 Å². The Hall–Kier alpha value is -2.78. The van der Waals surface area contributed by atoms with Crippen molar-refractivity contribution in [1.29, 1.82) is 0 Å². The molecule has 1 aromatic heterocycles. The minimum Gasteiger partial charge on any atom is -0.337 e. The number of thiazole rings is 1. The molecule has 0 bridgehead atoms. The number of amides is 1. The molecular formula is C19H18N4O3S2. The third-order valence-electron chi connectivity index (χ3n) is 4.43. The van der Waals surface area contributed by atoms with Crippen LogP contribution in [0.4, 0.5) is 0 Å². The maximum atomic E-state index is 12.7. The highest BCUT2D eigenvalue weighted by molar-refractivity contribution is 7.90. The highest BCUT2D eigenvalue weighted by Crippen LogP contribution is 2.24. The van der Waals surface area contributed by atoms with Crippen LogP contribution in [0.15, 0.2) is 58.4 Å². The first-order valence-corrected chi connectivity index (χ1v) is 10.9. The van der Waals surface area contributed by atoms with E-state index >= 15 is 0 Å². The zero-order valence-electron chi connectivity index (χ0n) is 15.3. The monoisotopic (exact) mass is 414 g/mol. The Labute approximate surface area is 166 Å². The van der Waals surface area contributed by atoms with Crippen LogP contribution in [0.5, 0.6) is 0 Å². The summed E-state index contributed by atoms with van der Waals surface area (Å²) in [5.74, 6) is -0.0137. The standard InChI is InChI=1S/C19H18N4O3S2/c1-12(20-18-13-7-3-6-10-16(13)28(25,26)22-18)19(24)23(2)11-17-21-14-8-4-5-9-15(14)27-17/h3-10,12H,11H2,1-2H3,(H,20,22)/t12-/m0/s1. The third-order valence-corrected chi connectivity index (χ3v) is 6.85. The van der Waals surface area contributed by atoms with E-state index in [2.05, 4.69) is 14.7 Å². The Morgan fingerprint density at radius 1 is 1.21 bits per heavy atom. The van der Waals surface area contributed by atoms with Gasteiger partial charge in [0, 0.05) is 12.6 Å². The molecule has 1 aliphatic heterocycles. The summed E-state index contributed by atoms with van der Waals surface area (Å²) in [4.78, 5) is 23.4. The minimum absolute atomic E-state index is 0.177. The molecule has 4 rings (SSSR count). The number of fused-ring (bicyclic) bond motifs is 2. The fourth-order valence-electron chi connectivity index (χ4n) is 3.07. The Balaban J connectivity index is 1.52. The van der Waals surface area contributed by atoms with Gasteiger partial charge in [-0.3, -0.25) is 14.5 Å². The number of carbonyl (C=O) groups is 1. The molecule has 0 radical (unpaired) electrons. The summed E-state index contributed by atoms with van der Waals surface area (Å²) >= 11 is 1.55. The number of carbonyl (C=O) groups excluding carboxylic acids is 1. The first-order chi connectivity index (χ1) is 13.3. The number of aliphatic imine (C=N–C) groups is 1. The number of para-hydroxylation sites is 1. The molecule has 9 heteroatoms. The van der Waals surface area contributed by atoms with E-state index in [9.17, 15) is 13.2 Å². The van der Waals surface area contributed by atoms with E-state index < -0.39 is 16.1 Å². The number of aromatic nitrogens is 1.